The summed E-state index contributed by atoms with van der Waals surface area (Å²) in [6.07, 6.45) is 7.63. The first-order chi connectivity index (χ1) is 7.70. The van der Waals surface area contributed by atoms with Crippen molar-refractivity contribution in [1.29, 1.82) is 0 Å². The number of nitrogens with zero attached hydrogens (tertiary/aromatic N) is 2. The molecular weight excluding hydrogens is 198 g/mol. The van der Waals surface area contributed by atoms with Gasteiger partial charge >= 0.3 is 0 Å². The predicted molar refractivity (Wildman–Crippen MR) is 70.6 cm³/mol. The van der Waals surface area contributed by atoms with Crippen LogP contribution in [0.25, 0.3) is 0 Å². The van der Waals surface area contributed by atoms with Crippen LogP contribution in [0.15, 0.2) is 4.99 Å². The minimum Gasteiger partial charge on any atom is -0.370 e. The number of rotatable bonds is 4. The van der Waals surface area contributed by atoms with Crippen LogP contribution in [0.3, 0.4) is 0 Å². The van der Waals surface area contributed by atoms with Crippen molar-refractivity contribution in [2.45, 2.75) is 52.4 Å². The van der Waals surface area contributed by atoms with Crippen LogP contribution in [-0.4, -0.2) is 30.5 Å². The molecule has 0 atom stereocenters. The van der Waals surface area contributed by atoms with Gasteiger partial charge in [-0.25, -0.2) is 0 Å². The van der Waals surface area contributed by atoms with Gasteiger partial charge in [0.05, 0.1) is 0 Å². The molecule has 94 valence electrons. The molecule has 16 heavy (non-hydrogen) atoms. The summed E-state index contributed by atoms with van der Waals surface area (Å²) < 4.78 is 0. The summed E-state index contributed by atoms with van der Waals surface area (Å²) in [5, 5.41) is 0. The largest absolute Gasteiger partial charge is 0.370 e. The average molecular weight is 225 g/mol. The van der Waals surface area contributed by atoms with Crippen molar-refractivity contribution in [3.63, 3.8) is 0 Å². The van der Waals surface area contributed by atoms with Crippen LogP contribution in [0.1, 0.15) is 52.4 Å². The SMILES string of the molecule is CC(C)CCCN=C(N)N1CCCCCC1. The molecule has 0 aromatic heterocycles. The van der Waals surface area contributed by atoms with Crippen LogP contribution in [0.5, 0.6) is 0 Å². The highest BCUT2D eigenvalue weighted by Crippen LogP contribution is 2.09. The lowest BCUT2D eigenvalue weighted by Crippen LogP contribution is -2.38. The molecule has 0 spiro atoms. The van der Waals surface area contributed by atoms with Crippen molar-refractivity contribution in [1.82, 2.24) is 4.90 Å². The lowest BCUT2D eigenvalue weighted by atomic mass is 10.1. The maximum atomic E-state index is 6.01. The Balaban J connectivity index is 2.25. The monoisotopic (exact) mass is 225 g/mol. The van der Waals surface area contributed by atoms with Crippen molar-refractivity contribution >= 4 is 5.96 Å². The zero-order chi connectivity index (χ0) is 11.8. The molecule has 1 rings (SSSR count). The highest BCUT2D eigenvalue weighted by atomic mass is 15.2. The summed E-state index contributed by atoms with van der Waals surface area (Å²) in [4.78, 5) is 6.73. The maximum Gasteiger partial charge on any atom is 0.191 e. The molecule has 1 saturated heterocycles. The van der Waals surface area contributed by atoms with E-state index in [0.717, 1.165) is 37.9 Å². The van der Waals surface area contributed by atoms with Crippen molar-refractivity contribution in [3.8, 4) is 0 Å². The summed E-state index contributed by atoms with van der Waals surface area (Å²) in [7, 11) is 0. The van der Waals surface area contributed by atoms with Crippen LogP contribution < -0.4 is 5.73 Å². The molecule has 3 nitrogen and oxygen atoms in total. The second-order valence-corrected chi connectivity index (χ2v) is 5.18. The third-order valence-electron chi connectivity index (χ3n) is 3.14. The number of guanidine groups is 1. The normalized spacial score (nSPS) is 18.9. The van der Waals surface area contributed by atoms with E-state index in [1.54, 1.807) is 0 Å². The van der Waals surface area contributed by atoms with Gasteiger partial charge in [-0.2, -0.15) is 0 Å². The highest BCUT2D eigenvalue weighted by Gasteiger charge is 2.10. The molecule has 0 bridgehead atoms. The van der Waals surface area contributed by atoms with Gasteiger partial charge in [0.1, 0.15) is 0 Å². The quantitative estimate of drug-likeness (QED) is 0.454. The molecule has 1 heterocycles. The fourth-order valence-electron chi connectivity index (χ4n) is 2.09. The summed E-state index contributed by atoms with van der Waals surface area (Å²) in [5.41, 5.74) is 6.01. The first kappa shape index (κ1) is 13.3. The van der Waals surface area contributed by atoms with Crippen molar-refractivity contribution in [2.24, 2.45) is 16.6 Å². The van der Waals surface area contributed by atoms with E-state index in [9.17, 15) is 0 Å². The topological polar surface area (TPSA) is 41.6 Å². The lowest BCUT2D eigenvalue weighted by molar-refractivity contribution is 0.427. The standard InChI is InChI=1S/C13H27N3/c1-12(2)8-7-9-15-13(14)16-10-5-3-4-6-11-16/h12H,3-11H2,1-2H3,(H2,14,15). The van der Waals surface area contributed by atoms with Crippen molar-refractivity contribution < 1.29 is 0 Å². The lowest BCUT2D eigenvalue weighted by Gasteiger charge is -2.21. The van der Waals surface area contributed by atoms with Gasteiger partial charge in [0.2, 0.25) is 0 Å². The number of aliphatic imine (C=N–C) groups is 1. The van der Waals surface area contributed by atoms with Gasteiger partial charge < -0.3 is 10.6 Å². The Labute approximate surface area is 100 Å². The van der Waals surface area contributed by atoms with Crippen LogP contribution in [-0.2, 0) is 0 Å². The molecule has 0 amide bonds. The Bertz CT molecular complexity index is 203. The van der Waals surface area contributed by atoms with E-state index in [1.165, 1.54) is 32.1 Å². The molecule has 0 aromatic rings. The van der Waals surface area contributed by atoms with Gasteiger partial charge in [-0.15, -0.1) is 0 Å². The zero-order valence-electron chi connectivity index (χ0n) is 10.9. The van der Waals surface area contributed by atoms with Crippen LogP contribution >= 0.6 is 0 Å². The van der Waals surface area contributed by atoms with E-state index in [1.807, 2.05) is 0 Å². The molecular formula is C13H27N3. The Hall–Kier alpha value is -0.730. The van der Waals surface area contributed by atoms with Gasteiger partial charge in [0.15, 0.2) is 5.96 Å². The number of hydrogen-bond donors (Lipinski definition) is 1. The van der Waals surface area contributed by atoms with Crippen molar-refractivity contribution in [2.75, 3.05) is 19.6 Å². The Kier molecular flexibility index (Phi) is 6.27. The number of likely N-dealkylation sites (tertiary alicyclic amines) is 1. The molecule has 2 N–H and O–H groups in total. The minimum atomic E-state index is 0.769. The average Bonchev–Trinajstić information content (AvgIpc) is 2.52. The summed E-state index contributed by atoms with van der Waals surface area (Å²) >= 11 is 0. The molecule has 3 heteroatoms. The molecule has 0 saturated carbocycles. The molecule has 0 radical (unpaired) electrons. The molecule has 1 aliphatic rings. The van der Waals surface area contributed by atoms with Crippen LogP contribution in [0.2, 0.25) is 0 Å². The van der Waals surface area contributed by atoms with E-state index in [0.29, 0.717) is 0 Å². The summed E-state index contributed by atoms with van der Waals surface area (Å²) in [6, 6.07) is 0. The first-order valence-electron chi connectivity index (χ1n) is 6.75. The van der Waals surface area contributed by atoms with Gasteiger partial charge in [0, 0.05) is 19.6 Å². The summed E-state index contributed by atoms with van der Waals surface area (Å²) in [6.45, 7) is 7.59. The van der Waals surface area contributed by atoms with Crippen molar-refractivity contribution in [3.05, 3.63) is 0 Å². The van der Waals surface area contributed by atoms with Crippen LogP contribution in [0.4, 0.5) is 0 Å². The number of nitrogens with two attached hydrogens (primary N) is 1. The maximum absolute atomic E-state index is 6.01. The Morgan fingerprint density at radius 1 is 1.19 bits per heavy atom. The zero-order valence-corrected chi connectivity index (χ0v) is 10.9. The van der Waals surface area contributed by atoms with E-state index in [-0.39, 0.29) is 0 Å². The van der Waals surface area contributed by atoms with E-state index in [2.05, 4.69) is 23.7 Å². The van der Waals surface area contributed by atoms with Gasteiger partial charge in [-0.1, -0.05) is 26.7 Å². The predicted octanol–water partition coefficient (Wildman–Crippen LogP) is 2.61. The van der Waals surface area contributed by atoms with E-state index < -0.39 is 0 Å². The number of hydrogen-bond acceptors (Lipinski definition) is 1. The molecule has 0 aromatic carbocycles. The second kappa shape index (κ2) is 7.53. The Morgan fingerprint density at radius 2 is 1.81 bits per heavy atom. The molecule has 0 unspecified atom stereocenters. The second-order valence-electron chi connectivity index (χ2n) is 5.18. The molecule has 1 fully saturated rings. The fraction of sp³-hybridized carbons (Fsp3) is 0.923. The van der Waals surface area contributed by atoms with Gasteiger partial charge in [-0.3, -0.25) is 4.99 Å². The van der Waals surface area contributed by atoms with E-state index >= 15 is 0 Å². The molecule has 0 aliphatic carbocycles. The van der Waals surface area contributed by atoms with E-state index in [4.69, 9.17) is 5.73 Å². The minimum absolute atomic E-state index is 0.769. The summed E-state index contributed by atoms with van der Waals surface area (Å²) in [5.74, 6) is 1.54. The third kappa shape index (κ3) is 5.38. The Morgan fingerprint density at radius 3 is 2.38 bits per heavy atom. The molecule has 1 aliphatic heterocycles. The van der Waals surface area contributed by atoms with Gasteiger partial charge in [0.25, 0.3) is 0 Å². The van der Waals surface area contributed by atoms with Crippen LogP contribution in [0, 0.1) is 5.92 Å². The highest BCUT2D eigenvalue weighted by molar-refractivity contribution is 5.78. The van der Waals surface area contributed by atoms with Gasteiger partial charge in [-0.05, 0) is 31.6 Å². The fourth-order valence-corrected chi connectivity index (χ4v) is 2.09. The third-order valence-corrected chi connectivity index (χ3v) is 3.14. The first-order valence-corrected chi connectivity index (χ1v) is 6.75. The smallest absolute Gasteiger partial charge is 0.191 e.